The van der Waals surface area contributed by atoms with Crippen molar-refractivity contribution >= 4 is 22.4 Å². The van der Waals surface area contributed by atoms with Crippen LogP contribution < -0.4 is 10.1 Å². The smallest absolute Gasteiger partial charge is 0.261 e. The van der Waals surface area contributed by atoms with Crippen LogP contribution in [0.4, 0.5) is 5.13 Å². The molecule has 0 radical (unpaired) electrons. The number of para-hydroxylation sites is 1. The van der Waals surface area contributed by atoms with Gasteiger partial charge in [0.1, 0.15) is 11.4 Å². The molecule has 10 heteroatoms. The number of anilines is 1. The minimum absolute atomic E-state index is 0.0876. The average molecular weight is 394 g/mol. The summed E-state index contributed by atoms with van der Waals surface area (Å²) >= 11 is 1.24. The second-order valence-corrected chi connectivity index (χ2v) is 6.57. The molecule has 0 saturated heterocycles. The van der Waals surface area contributed by atoms with E-state index in [1.54, 1.807) is 37.4 Å². The Kier molecular flexibility index (Phi) is 5.02. The number of rotatable bonds is 6. The third kappa shape index (κ3) is 4.01. The Morgan fingerprint density at radius 1 is 1.18 bits per heavy atom. The zero-order valence-corrected chi connectivity index (χ0v) is 15.5. The summed E-state index contributed by atoms with van der Waals surface area (Å²) in [6.07, 6.45) is 1.67. The summed E-state index contributed by atoms with van der Waals surface area (Å²) in [7, 11) is 0. The quantitative estimate of drug-likeness (QED) is 0.530. The summed E-state index contributed by atoms with van der Waals surface area (Å²) in [5, 5.41) is 15.6. The number of amides is 1. The SMILES string of the molecule is Cc1nc(COc2ccccc2C(=O)Nc2nnc(-c3ccccn3)s2)no1. The molecular weight excluding hydrogens is 380 g/mol. The molecule has 140 valence electrons. The molecule has 0 aliphatic carbocycles. The van der Waals surface area contributed by atoms with Gasteiger partial charge in [0.25, 0.3) is 5.91 Å². The highest BCUT2D eigenvalue weighted by Gasteiger charge is 2.16. The zero-order chi connectivity index (χ0) is 19.3. The third-order valence-electron chi connectivity index (χ3n) is 3.59. The van der Waals surface area contributed by atoms with E-state index < -0.39 is 0 Å². The molecule has 1 aromatic carbocycles. The maximum Gasteiger partial charge on any atom is 0.261 e. The summed E-state index contributed by atoms with van der Waals surface area (Å²) in [5.74, 6) is 0.891. The predicted octanol–water partition coefficient (Wildman–Crippen LogP) is 3.12. The molecule has 28 heavy (non-hydrogen) atoms. The number of carbonyl (C=O) groups is 1. The van der Waals surface area contributed by atoms with Gasteiger partial charge >= 0.3 is 0 Å². The first-order chi connectivity index (χ1) is 13.7. The van der Waals surface area contributed by atoms with Crippen molar-refractivity contribution in [2.45, 2.75) is 13.5 Å². The number of nitrogens with zero attached hydrogens (tertiary/aromatic N) is 5. The van der Waals surface area contributed by atoms with Crippen molar-refractivity contribution < 1.29 is 14.1 Å². The summed E-state index contributed by atoms with van der Waals surface area (Å²) in [5.41, 5.74) is 1.05. The number of pyridine rings is 1. The molecule has 0 aliphatic rings. The monoisotopic (exact) mass is 394 g/mol. The molecule has 1 amide bonds. The molecule has 0 bridgehead atoms. The van der Waals surface area contributed by atoms with E-state index in [2.05, 4.69) is 30.6 Å². The van der Waals surface area contributed by atoms with Crippen molar-refractivity contribution in [3.8, 4) is 16.5 Å². The number of nitrogens with one attached hydrogen (secondary N) is 1. The molecule has 9 nitrogen and oxygen atoms in total. The highest BCUT2D eigenvalue weighted by molar-refractivity contribution is 7.18. The summed E-state index contributed by atoms with van der Waals surface area (Å²) in [6.45, 7) is 1.78. The van der Waals surface area contributed by atoms with Gasteiger partial charge in [0.05, 0.1) is 5.56 Å². The topological polar surface area (TPSA) is 116 Å². The second kappa shape index (κ2) is 7.92. The highest BCUT2D eigenvalue weighted by atomic mass is 32.1. The van der Waals surface area contributed by atoms with Crippen molar-refractivity contribution in [3.05, 3.63) is 65.9 Å². The number of aryl methyl sites for hydroxylation is 1. The van der Waals surface area contributed by atoms with E-state index in [9.17, 15) is 4.79 Å². The van der Waals surface area contributed by atoms with Crippen LogP contribution in [0, 0.1) is 6.92 Å². The third-order valence-corrected chi connectivity index (χ3v) is 4.45. The molecule has 4 aromatic rings. The molecule has 3 aromatic heterocycles. The predicted molar refractivity (Wildman–Crippen MR) is 101 cm³/mol. The average Bonchev–Trinajstić information content (AvgIpc) is 3.36. The number of ether oxygens (including phenoxy) is 1. The standard InChI is InChI=1S/C18H14N6O3S/c1-11-20-15(24-27-11)10-26-14-8-3-2-6-12(14)16(25)21-18-23-22-17(28-18)13-7-4-5-9-19-13/h2-9H,10H2,1H3,(H,21,23,25). The van der Waals surface area contributed by atoms with Crippen molar-refractivity contribution in [2.24, 2.45) is 0 Å². The van der Waals surface area contributed by atoms with Crippen LogP contribution >= 0.6 is 11.3 Å². The van der Waals surface area contributed by atoms with E-state index in [4.69, 9.17) is 9.26 Å². The Hall–Kier alpha value is -3.66. The van der Waals surface area contributed by atoms with Crippen LogP contribution in [-0.4, -0.2) is 31.2 Å². The van der Waals surface area contributed by atoms with Gasteiger partial charge in [-0.2, -0.15) is 4.98 Å². The Labute approximate surface area is 163 Å². The molecule has 0 unspecified atom stereocenters. The fourth-order valence-corrected chi connectivity index (χ4v) is 3.07. The fourth-order valence-electron chi connectivity index (χ4n) is 2.35. The van der Waals surface area contributed by atoms with Crippen molar-refractivity contribution in [2.75, 3.05) is 5.32 Å². The van der Waals surface area contributed by atoms with E-state index in [0.717, 1.165) is 0 Å². The van der Waals surface area contributed by atoms with Crippen LogP contribution in [0.2, 0.25) is 0 Å². The Bertz CT molecular complexity index is 1100. The van der Waals surface area contributed by atoms with E-state index in [1.165, 1.54) is 11.3 Å². The maximum absolute atomic E-state index is 12.7. The maximum atomic E-state index is 12.7. The van der Waals surface area contributed by atoms with Crippen molar-refractivity contribution in [1.82, 2.24) is 25.3 Å². The van der Waals surface area contributed by atoms with E-state index >= 15 is 0 Å². The number of hydrogen-bond acceptors (Lipinski definition) is 9. The van der Waals surface area contributed by atoms with Gasteiger partial charge in [0.2, 0.25) is 16.8 Å². The molecular formula is C18H14N6O3S. The van der Waals surface area contributed by atoms with Crippen LogP contribution in [0.3, 0.4) is 0 Å². The normalized spacial score (nSPS) is 10.6. The van der Waals surface area contributed by atoms with Crippen LogP contribution in [-0.2, 0) is 6.61 Å². The lowest BCUT2D eigenvalue weighted by Crippen LogP contribution is -2.13. The molecule has 0 atom stereocenters. The van der Waals surface area contributed by atoms with E-state index in [0.29, 0.717) is 38.9 Å². The summed E-state index contributed by atoms with van der Waals surface area (Å²) in [4.78, 5) is 21.0. The Morgan fingerprint density at radius 2 is 2.04 bits per heavy atom. The minimum Gasteiger partial charge on any atom is -0.485 e. The van der Waals surface area contributed by atoms with Crippen LogP contribution in [0.1, 0.15) is 22.1 Å². The molecule has 0 fully saturated rings. The first-order valence-electron chi connectivity index (χ1n) is 8.26. The second-order valence-electron chi connectivity index (χ2n) is 5.60. The minimum atomic E-state index is -0.358. The van der Waals surface area contributed by atoms with Crippen molar-refractivity contribution in [1.29, 1.82) is 0 Å². The van der Waals surface area contributed by atoms with Crippen molar-refractivity contribution in [3.63, 3.8) is 0 Å². The lowest BCUT2D eigenvalue weighted by molar-refractivity contribution is 0.102. The highest BCUT2D eigenvalue weighted by Crippen LogP contribution is 2.26. The van der Waals surface area contributed by atoms with Gasteiger partial charge in [-0.05, 0) is 24.3 Å². The van der Waals surface area contributed by atoms with Gasteiger partial charge in [-0.1, -0.05) is 34.7 Å². The van der Waals surface area contributed by atoms with Gasteiger partial charge in [-0.3, -0.25) is 15.1 Å². The van der Waals surface area contributed by atoms with Gasteiger partial charge in [0, 0.05) is 13.1 Å². The fraction of sp³-hybridized carbons (Fsp3) is 0.111. The van der Waals surface area contributed by atoms with Gasteiger partial charge in [-0.25, -0.2) is 0 Å². The first kappa shape index (κ1) is 17.7. The molecule has 0 saturated carbocycles. The molecule has 0 aliphatic heterocycles. The van der Waals surface area contributed by atoms with E-state index in [1.807, 2.05) is 18.2 Å². The van der Waals surface area contributed by atoms with Gasteiger partial charge < -0.3 is 9.26 Å². The van der Waals surface area contributed by atoms with Gasteiger partial charge in [0.15, 0.2) is 11.6 Å². The number of benzene rings is 1. The molecule has 1 N–H and O–H groups in total. The number of aromatic nitrogens is 5. The Balaban J connectivity index is 1.47. The summed E-state index contributed by atoms with van der Waals surface area (Å²) in [6, 6.07) is 12.4. The summed E-state index contributed by atoms with van der Waals surface area (Å²) < 4.78 is 10.6. The lowest BCUT2D eigenvalue weighted by Gasteiger charge is -2.09. The molecule has 0 spiro atoms. The van der Waals surface area contributed by atoms with Crippen LogP contribution in [0.5, 0.6) is 5.75 Å². The first-order valence-corrected chi connectivity index (χ1v) is 9.08. The zero-order valence-electron chi connectivity index (χ0n) is 14.7. The van der Waals surface area contributed by atoms with Crippen LogP contribution in [0.15, 0.2) is 53.2 Å². The number of carbonyl (C=O) groups excluding carboxylic acids is 1. The van der Waals surface area contributed by atoms with Gasteiger partial charge in [-0.15, -0.1) is 10.2 Å². The molecule has 3 heterocycles. The van der Waals surface area contributed by atoms with E-state index in [-0.39, 0.29) is 12.5 Å². The lowest BCUT2D eigenvalue weighted by atomic mass is 10.2. The number of hydrogen-bond donors (Lipinski definition) is 1. The Morgan fingerprint density at radius 3 is 2.82 bits per heavy atom. The largest absolute Gasteiger partial charge is 0.485 e. The molecule has 4 rings (SSSR count). The van der Waals surface area contributed by atoms with Crippen LogP contribution in [0.25, 0.3) is 10.7 Å².